The van der Waals surface area contributed by atoms with E-state index >= 15 is 0 Å². The van der Waals surface area contributed by atoms with Crippen LogP contribution < -0.4 is 14.2 Å². The second kappa shape index (κ2) is 7.88. The Morgan fingerprint density at radius 3 is 2.60 bits per heavy atom. The van der Waals surface area contributed by atoms with Gasteiger partial charge in [0.15, 0.2) is 11.5 Å². The summed E-state index contributed by atoms with van der Waals surface area (Å²) in [6, 6.07) is 8.89. The Labute approximate surface area is 147 Å². The average molecular weight is 342 g/mol. The molecule has 1 saturated heterocycles. The average Bonchev–Trinajstić information content (AvgIpc) is 2.68. The molecule has 132 valence electrons. The van der Waals surface area contributed by atoms with Gasteiger partial charge in [0.25, 0.3) is 5.91 Å². The van der Waals surface area contributed by atoms with Crippen molar-refractivity contribution in [2.75, 3.05) is 27.3 Å². The molecule has 3 rings (SSSR count). The van der Waals surface area contributed by atoms with Gasteiger partial charge in [0.2, 0.25) is 0 Å². The van der Waals surface area contributed by atoms with Gasteiger partial charge in [-0.05, 0) is 43.2 Å². The van der Waals surface area contributed by atoms with Gasteiger partial charge in [0, 0.05) is 24.5 Å². The van der Waals surface area contributed by atoms with E-state index in [4.69, 9.17) is 14.2 Å². The van der Waals surface area contributed by atoms with Gasteiger partial charge < -0.3 is 19.1 Å². The molecule has 1 aliphatic rings. The number of hydrogen-bond acceptors (Lipinski definition) is 5. The minimum Gasteiger partial charge on any atom is -0.493 e. The van der Waals surface area contributed by atoms with Crippen molar-refractivity contribution >= 4 is 5.91 Å². The molecule has 1 atom stereocenters. The van der Waals surface area contributed by atoms with Crippen LogP contribution in [-0.4, -0.2) is 49.2 Å². The van der Waals surface area contributed by atoms with Gasteiger partial charge in [0.1, 0.15) is 11.9 Å². The first-order valence-corrected chi connectivity index (χ1v) is 8.29. The Hall–Kier alpha value is -2.76. The molecule has 25 heavy (non-hydrogen) atoms. The van der Waals surface area contributed by atoms with Crippen molar-refractivity contribution in [1.82, 2.24) is 9.88 Å². The Balaban J connectivity index is 1.69. The predicted molar refractivity (Wildman–Crippen MR) is 93.3 cm³/mol. The topological polar surface area (TPSA) is 60.9 Å². The van der Waals surface area contributed by atoms with E-state index in [1.807, 2.05) is 17.0 Å². The second-order valence-corrected chi connectivity index (χ2v) is 5.89. The van der Waals surface area contributed by atoms with E-state index in [0.29, 0.717) is 23.6 Å². The fourth-order valence-electron chi connectivity index (χ4n) is 2.98. The fraction of sp³-hybridized carbons (Fsp3) is 0.368. The van der Waals surface area contributed by atoms with Crippen molar-refractivity contribution in [2.24, 2.45) is 0 Å². The van der Waals surface area contributed by atoms with Crippen molar-refractivity contribution in [3.05, 3.63) is 48.3 Å². The van der Waals surface area contributed by atoms with Gasteiger partial charge in [-0.3, -0.25) is 9.78 Å². The van der Waals surface area contributed by atoms with Crippen LogP contribution in [0.4, 0.5) is 0 Å². The minimum absolute atomic E-state index is 0.0137. The van der Waals surface area contributed by atoms with Crippen molar-refractivity contribution in [2.45, 2.75) is 18.9 Å². The number of methoxy groups -OCH3 is 2. The summed E-state index contributed by atoms with van der Waals surface area (Å²) in [7, 11) is 3.14. The molecular weight excluding hydrogens is 320 g/mol. The molecule has 0 aliphatic carbocycles. The molecule has 2 heterocycles. The number of ether oxygens (including phenoxy) is 3. The smallest absolute Gasteiger partial charge is 0.254 e. The van der Waals surface area contributed by atoms with Gasteiger partial charge in [-0.2, -0.15) is 0 Å². The number of likely N-dealkylation sites (tertiary alicyclic amines) is 1. The molecule has 0 bridgehead atoms. The molecule has 0 radical (unpaired) electrons. The van der Waals surface area contributed by atoms with Gasteiger partial charge in [0.05, 0.1) is 20.8 Å². The van der Waals surface area contributed by atoms with Crippen LogP contribution in [0.1, 0.15) is 23.2 Å². The lowest BCUT2D eigenvalue weighted by Gasteiger charge is -2.33. The third-order valence-electron chi connectivity index (χ3n) is 4.25. The number of carbonyl (C=O) groups excluding carboxylic acids is 1. The van der Waals surface area contributed by atoms with Gasteiger partial charge in [-0.25, -0.2) is 0 Å². The molecule has 1 amide bonds. The zero-order valence-electron chi connectivity index (χ0n) is 14.5. The summed E-state index contributed by atoms with van der Waals surface area (Å²) >= 11 is 0. The number of piperidine rings is 1. The summed E-state index contributed by atoms with van der Waals surface area (Å²) in [6.45, 7) is 1.29. The molecule has 1 aromatic heterocycles. The normalized spacial score (nSPS) is 17.0. The molecule has 1 aliphatic heterocycles. The van der Waals surface area contributed by atoms with Crippen molar-refractivity contribution in [1.29, 1.82) is 0 Å². The largest absolute Gasteiger partial charge is 0.493 e. The van der Waals surface area contributed by atoms with E-state index < -0.39 is 0 Å². The monoisotopic (exact) mass is 342 g/mol. The van der Waals surface area contributed by atoms with E-state index in [-0.39, 0.29) is 12.0 Å². The molecule has 1 fully saturated rings. The quantitative estimate of drug-likeness (QED) is 0.836. The standard InChI is InChI=1S/C19H22N2O4/c1-23-17-6-5-14(12-18(17)24-2)19(22)21-11-3-4-16(13-21)25-15-7-9-20-10-8-15/h5-10,12,16H,3-4,11,13H2,1-2H3. The maximum absolute atomic E-state index is 12.8. The lowest BCUT2D eigenvalue weighted by Crippen LogP contribution is -2.44. The fourth-order valence-corrected chi connectivity index (χ4v) is 2.98. The molecule has 1 unspecified atom stereocenters. The maximum Gasteiger partial charge on any atom is 0.254 e. The molecule has 2 aromatic rings. The highest BCUT2D eigenvalue weighted by Crippen LogP contribution is 2.28. The molecule has 6 nitrogen and oxygen atoms in total. The highest BCUT2D eigenvalue weighted by atomic mass is 16.5. The zero-order valence-corrected chi connectivity index (χ0v) is 14.5. The lowest BCUT2D eigenvalue weighted by atomic mass is 10.1. The van der Waals surface area contributed by atoms with Crippen molar-refractivity contribution < 1.29 is 19.0 Å². The first-order valence-electron chi connectivity index (χ1n) is 8.29. The predicted octanol–water partition coefficient (Wildman–Crippen LogP) is 2.78. The van der Waals surface area contributed by atoms with Crippen LogP contribution in [0.2, 0.25) is 0 Å². The second-order valence-electron chi connectivity index (χ2n) is 5.89. The number of amides is 1. The minimum atomic E-state index is -0.0241. The third-order valence-corrected chi connectivity index (χ3v) is 4.25. The van der Waals surface area contributed by atoms with Crippen LogP contribution in [0, 0.1) is 0 Å². The number of nitrogens with zero attached hydrogens (tertiary/aromatic N) is 2. The Morgan fingerprint density at radius 2 is 1.88 bits per heavy atom. The van der Waals surface area contributed by atoms with Gasteiger partial charge >= 0.3 is 0 Å². The Bertz CT molecular complexity index is 721. The Kier molecular flexibility index (Phi) is 5.38. The molecule has 0 saturated carbocycles. The number of carbonyl (C=O) groups is 1. The van der Waals surface area contributed by atoms with Crippen LogP contribution in [0.25, 0.3) is 0 Å². The first-order chi connectivity index (χ1) is 12.2. The number of benzene rings is 1. The molecule has 0 spiro atoms. The van der Waals surface area contributed by atoms with E-state index in [1.54, 1.807) is 44.8 Å². The van der Waals surface area contributed by atoms with Gasteiger partial charge in [-0.1, -0.05) is 0 Å². The molecule has 6 heteroatoms. The maximum atomic E-state index is 12.8. The molecular formula is C19H22N2O4. The number of hydrogen-bond donors (Lipinski definition) is 0. The van der Waals surface area contributed by atoms with E-state index in [9.17, 15) is 4.79 Å². The highest BCUT2D eigenvalue weighted by Gasteiger charge is 2.26. The molecule has 1 aromatic carbocycles. The van der Waals surface area contributed by atoms with Crippen molar-refractivity contribution in [3.63, 3.8) is 0 Å². The summed E-state index contributed by atoms with van der Waals surface area (Å²) in [5.74, 6) is 1.91. The van der Waals surface area contributed by atoms with Crippen LogP contribution in [0.5, 0.6) is 17.2 Å². The molecule has 0 N–H and O–H groups in total. The first kappa shape index (κ1) is 17.1. The summed E-state index contributed by atoms with van der Waals surface area (Å²) in [5.41, 5.74) is 0.585. The summed E-state index contributed by atoms with van der Waals surface area (Å²) in [5, 5.41) is 0. The summed E-state index contributed by atoms with van der Waals surface area (Å²) in [6.07, 6.45) is 5.22. The van der Waals surface area contributed by atoms with Crippen LogP contribution in [0.3, 0.4) is 0 Å². The lowest BCUT2D eigenvalue weighted by molar-refractivity contribution is 0.0537. The van der Waals surface area contributed by atoms with E-state index in [0.717, 1.165) is 25.1 Å². The summed E-state index contributed by atoms with van der Waals surface area (Å²) < 4.78 is 16.5. The van der Waals surface area contributed by atoms with Crippen molar-refractivity contribution in [3.8, 4) is 17.2 Å². The van der Waals surface area contributed by atoms with Crippen LogP contribution in [0.15, 0.2) is 42.7 Å². The summed E-state index contributed by atoms with van der Waals surface area (Å²) in [4.78, 5) is 18.6. The van der Waals surface area contributed by atoms with Crippen LogP contribution in [-0.2, 0) is 0 Å². The third kappa shape index (κ3) is 4.02. The zero-order chi connectivity index (χ0) is 17.6. The van der Waals surface area contributed by atoms with E-state index in [1.165, 1.54) is 0 Å². The SMILES string of the molecule is COc1ccc(C(=O)N2CCCC(Oc3ccncc3)C2)cc1OC. The number of aromatic nitrogens is 1. The highest BCUT2D eigenvalue weighted by molar-refractivity contribution is 5.95. The van der Waals surface area contributed by atoms with Crippen LogP contribution >= 0.6 is 0 Å². The van der Waals surface area contributed by atoms with E-state index in [2.05, 4.69) is 4.98 Å². The number of pyridine rings is 1. The Morgan fingerprint density at radius 1 is 1.12 bits per heavy atom. The number of rotatable bonds is 5. The van der Waals surface area contributed by atoms with Gasteiger partial charge in [-0.15, -0.1) is 0 Å².